The fraction of sp³-hybridized carbons (Fsp3) is 0.300. The Morgan fingerprint density at radius 2 is 2.08 bits per heavy atom. The van der Waals surface area contributed by atoms with E-state index in [2.05, 4.69) is 26.7 Å². The van der Waals surface area contributed by atoms with Gasteiger partial charge in [-0.2, -0.15) is 4.98 Å². The number of nitrogens with zero attached hydrogens (tertiary/aromatic N) is 3. The summed E-state index contributed by atoms with van der Waals surface area (Å²) in [7, 11) is 1.63. The third-order valence-corrected chi connectivity index (χ3v) is 4.56. The molecular weight excluding hydrogens is 328 g/mol. The van der Waals surface area contributed by atoms with Crippen molar-refractivity contribution in [3.63, 3.8) is 0 Å². The van der Waals surface area contributed by atoms with Gasteiger partial charge < -0.3 is 19.8 Å². The molecule has 0 saturated carbocycles. The summed E-state index contributed by atoms with van der Waals surface area (Å²) in [4.78, 5) is 10.9. The van der Waals surface area contributed by atoms with E-state index in [1.54, 1.807) is 19.5 Å². The average Bonchev–Trinajstić information content (AvgIpc) is 3.11. The third kappa shape index (κ3) is 3.22. The van der Waals surface area contributed by atoms with Crippen molar-refractivity contribution < 1.29 is 9.15 Å². The molecule has 3 aromatic rings. The van der Waals surface area contributed by atoms with Crippen LogP contribution in [0.3, 0.4) is 0 Å². The van der Waals surface area contributed by atoms with E-state index in [1.807, 2.05) is 24.3 Å². The second-order valence-corrected chi connectivity index (χ2v) is 6.30. The maximum atomic E-state index is 6.03. The molecule has 132 valence electrons. The maximum Gasteiger partial charge on any atom is 0.274 e. The van der Waals surface area contributed by atoms with Crippen LogP contribution in [0, 0.1) is 11.8 Å². The van der Waals surface area contributed by atoms with Gasteiger partial charge in [0.2, 0.25) is 0 Å². The van der Waals surface area contributed by atoms with Crippen LogP contribution in [0.2, 0.25) is 0 Å². The summed E-state index contributed by atoms with van der Waals surface area (Å²) in [6.45, 7) is 1.81. The molecule has 0 spiro atoms. The summed E-state index contributed by atoms with van der Waals surface area (Å²) in [6.07, 6.45) is 5.36. The molecule has 1 aliphatic heterocycles. The van der Waals surface area contributed by atoms with Gasteiger partial charge in [0.1, 0.15) is 5.75 Å². The Kier molecular flexibility index (Phi) is 4.46. The minimum Gasteiger partial charge on any atom is -0.494 e. The highest BCUT2D eigenvalue weighted by Gasteiger charge is 2.22. The third-order valence-electron chi connectivity index (χ3n) is 4.56. The molecule has 0 aliphatic carbocycles. The summed E-state index contributed by atoms with van der Waals surface area (Å²) in [5, 5.41) is 0. The fourth-order valence-electron chi connectivity index (χ4n) is 3.14. The zero-order valence-corrected chi connectivity index (χ0v) is 14.6. The van der Waals surface area contributed by atoms with Crippen LogP contribution >= 0.6 is 0 Å². The van der Waals surface area contributed by atoms with Gasteiger partial charge in [0, 0.05) is 37.1 Å². The first-order valence-electron chi connectivity index (χ1n) is 8.64. The van der Waals surface area contributed by atoms with Crippen molar-refractivity contribution in [3.05, 3.63) is 48.1 Å². The van der Waals surface area contributed by atoms with Crippen LogP contribution in [-0.4, -0.2) is 36.2 Å². The highest BCUT2D eigenvalue weighted by atomic mass is 16.5. The number of aromatic nitrogens is 2. The summed E-state index contributed by atoms with van der Waals surface area (Å²) in [5.74, 6) is 7.04. The average molecular weight is 348 g/mol. The van der Waals surface area contributed by atoms with Crippen molar-refractivity contribution in [3.8, 4) is 17.6 Å². The lowest BCUT2D eigenvalue weighted by molar-refractivity contribution is 0.419. The van der Waals surface area contributed by atoms with Crippen molar-refractivity contribution in [1.82, 2.24) is 9.97 Å². The Morgan fingerprint density at radius 1 is 1.23 bits per heavy atom. The van der Waals surface area contributed by atoms with Gasteiger partial charge in [0.15, 0.2) is 11.1 Å². The zero-order valence-electron chi connectivity index (χ0n) is 14.6. The number of rotatable bonds is 2. The molecule has 1 fully saturated rings. The number of nitrogens with two attached hydrogens (primary N) is 1. The molecule has 0 bridgehead atoms. The second-order valence-electron chi connectivity index (χ2n) is 6.30. The summed E-state index contributed by atoms with van der Waals surface area (Å²) >= 11 is 0. The SMILES string of the molecule is COc1ccc(N2CCC(N)CC2)c2oc(C#Cc3cccnc3)nc12. The number of pyridine rings is 1. The van der Waals surface area contributed by atoms with Crippen molar-refractivity contribution in [2.75, 3.05) is 25.1 Å². The van der Waals surface area contributed by atoms with Crippen LogP contribution in [0.4, 0.5) is 5.69 Å². The Morgan fingerprint density at radius 3 is 2.81 bits per heavy atom. The number of hydrogen-bond donors (Lipinski definition) is 1. The Bertz CT molecular complexity index is 964. The lowest BCUT2D eigenvalue weighted by Gasteiger charge is -2.31. The van der Waals surface area contributed by atoms with Gasteiger partial charge in [-0.3, -0.25) is 4.98 Å². The van der Waals surface area contributed by atoms with Crippen LogP contribution < -0.4 is 15.4 Å². The molecule has 0 atom stereocenters. The summed E-state index contributed by atoms with van der Waals surface area (Å²) in [5.41, 5.74) is 9.24. The first kappa shape index (κ1) is 16.4. The number of oxazole rings is 1. The Hall–Kier alpha value is -3.04. The van der Waals surface area contributed by atoms with Gasteiger partial charge in [-0.1, -0.05) is 5.92 Å². The van der Waals surface area contributed by atoms with Gasteiger partial charge in [-0.05, 0) is 43.0 Å². The van der Waals surface area contributed by atoms with E-state index in [9.17, 15) is 0 Å². The first-order valence-corrected chi connectivity index (χ1v) is 8.64. The predicted molar refractivity (Wildman–Crippen MR) is 100 cm³/mol. The van der Waals surface area contributed by atoms with E-state index in [0.717, 1.165) is 37.2 Å². The molecule has 6 nitrogen and oxygen atoms in total. The van der Waals surface area contributed by atoms with E-state index >= 15 is 0 Å². The molecule has 0 radical (unpaired) electrons. The quantitative estimate of drug-likeness (QED) is 0.717. The van der Waals surface area contributed by atoms with E-state index in [4.69, 9.17) is 14.9 Å². The van der Waals surface area contributed by atoms with Gasteiger partial charge in [-0.15, -0.1) is 0 Å². The molecule has 26 heavy (non-hydrogen) atoms. The minimum atomic E-state index is 0.274. The van der Waals surface area contributed by atoms with Gasteiger partial charge in [0.25, 0.3) is 5.89 Å². The van der Waals surface area contributed by atoms with E-state index in [1.165, 1.54) is 0 Å². The standard InChI is InChI=1S/C20H20N4O2/c1-25-17-6-5-16(24-11-8-15(21)9-12-24)20-19(17)23-18(26-20)7-4-14-3-2-10-22-13-14/h2-3,5-6,10,13,15H,8-9,11-12,21H2,1H3. The normalized spacial score (nSPS) is 14.9. The number of anilines is 1. The number of ether oxygens (including phenoxy) is 1. The van der Waals surface area contributed by atoms with Crippen LogP contribution in [-0.2, 0) is 0 Å². The molecule has 0 amide bonds. The number of benzene rings is 1. The monoisotopic (exact) mass is 348 g/mol. The highest BCUT2D eigenvalue weighted by Crippen LogP contribution is 2.35. The predicted octanol–water partition coefficient (Wildman–Crippen LogP) is 2.56. The molecule has 1 aliphatic rings. The molecule has 2 N–H and O–H groups in total. The number of piperidine rings is 1. The zero-order chi connectivity index (χ0) is 17.9. The van der Waals surface area contributed by atoms with Crippen molar-refractivity contribution >= 4 is 16.8 Å². The topological polar surface area (TPSA) is 77.4 Å². The summed E-state index contributed by atoms with van der Waals surface area (Å²) in [6, 6.07) is 7.95. The van der Waals surface area contributed by atoms with Crippen LogP contribution in [0.1, 0.15) is 24.3 Å². The number of hydrogen-bond acceptors (Lipinski definition) is 6. The maximum absolute atomic E-state index is 6.03. The molecule has 2 aromatic heterocycles. The second kappa shape index (κ2) is 7.06. The van der Waals surface area contributed by atoms with Crippen molar-refractivity contribution in [1.29, 1.82) is 0 Å². The first-order chi connectivity index (χ1) is 12.7. The van der Waals surface area contributed by atoms with Gasteiger partial charge in [-0.25, -0.2) is 0 Å². The molecule has 4 rings (SSSR count). The molecular formula is C20H20N4O2. The largest absolute Gasteiger partial charge is 0.494 e. The minimum absolute atomic E-state index is 0.274. The number of fused-ring (bicyclic) bond motifs is 1. The molecule has 1 aromatic carbocycles. The van der Waals surface area contributed by atoms with Crippen LogP contribution in [0.15, 0.2) is 41.1 Å². The lowest BCUT2D eigenvalue weighted by Crippen LogP contribution is -2.39. The Balaban J connectivity index is 1.73. The Labute approximate surface area is 152 Å². The molecule has 3 heterocycles. The van der Waals surface area contributed by atoms with Crippen LogP contribution in [0.5, 0.6) is 5.75 Å². The molecule has 6 heteroatoms. The molecule has 1 saturated heterocycles. The number of methoxy groups -OCH3 is 1. The fourth-order valence-corrected chi connectivity index (χ4v) is 3.14. The van der Waals surface area contributed by atoms with Crippen molar-refractivity contribution in [2.24, 2.45) is 5.73 Å². The van der Waals surface area contributed by atoms with Crippen molar-refractivity contribution in [2.45, 2.75) is 18.9 Å². The van der Waals surface area contributed by atoms with Gasteiger partial charge >= 0.3 is 0 Å². The van der Waals surface area contributed by atoms with E-state index in [-0.39, 0.29) is 6.04 Å². The lowest BCUT2D eigenvalue weighted by atomic mass is 10.1. The smallest absolute Gasteiger partial charge is 0.274 e. The van der Waals surface area contributed by atoms with E-state index < -0.39 is 0 Å². The molecule has 0 unspecified atom stereocenters. The van der Waals surface area contributed by atoms with E-state index in [0.29, 0.717) is 22.7 Å². The highest BCUT2D eigenvalue weighted by molar-refractivity contribution is 5.91. The van der Waals surface area contributed by atoms with Gasteiger partial charge in [0.05, 0.1) is 12.8 Å². The van der Waals surface area contributed by atoms with Crippen LogP contribution in [0.25, 0.3) is 11.1 Å². The summed E-state index contributed by atoms with van der Waals surface area (Å²) < 4.78 is 11.4.